The van der Waals surface area contributed by atoms with E-state index < -0.39 is 19.0 Å². The SMILES string of the molecule is CN1CC[C@H](Nc2nc(N)c3c(-c4ccc5nnn(CC(F)F)c5n4)ccn3n2)C1=O. The molecule has 160 valence electrons. The lowest BCUT2D eigenvalue weighted by Crippen LogP contribution is -2.31. The average Bonchev–Trinajstić information content (AvgIpc) is 3.42. The van der Waals surface area contributed by atoms with Crippen molar-refractivity contribution in [2.45, 2.75) is 25.4 Å². The summed E-state index contributed by atoms with van der Waals surface area (Å²) >= 11 is 0. The Balaban J connectivity index is 1.52. The molecule has 31 heavy (non-hydrogen) atoms. The standard InChI is InChI=1S/C18H18F2N10O/c1-28-6-5-12(17(28)31)23-18-24-15(21)14-9(4-7-29(14)26-18)10-2-3-11-16(22-10)30(27-25-11)8-13(19)20/h2-4,7,12-13H,5-6,8H2,1H3,(H3,21,23,24,26)/t12-/m0/s1. The van der Waals surface area contributed by atoms with E-state index in [2.05, 4.69) is 30.7 Å². The fraction of sp³-hybridized carbons (Fsp3) is 0.333. The second-order valence-electron chi connectivity index (χ2n) is 7.29. The highest BCUT2D eigenvalue weighted by molar-refractivity contribution is 5.89. The largest absolute Gasteiger partial charge is 0.382 e. The van der Waals surface area contributed by atoms with Crippen LogP contribution in [0.4, 0.5) is 20.5 Å². The van der Waals surface area contributed by atoms with Crippen LogP contribution in [0.5, 0.6) is 0 Å². The maximum absolute atomic E-state index is 12.8. The maximum Gasteiger partial charge on any atom is 0.258 e. The van der Waals surface area contributed by atoms with Crippen molar-refractivity contribution in [1.82, 2.24) is 39.5 Å². The number of nitrogen functional groups attached to an aromatic ring is 1. The van der Waals surface area contributed by atoms with Gasteiger partial charge >= 0.3 is 0 Å². The van der Waals surface area contributed by atoms with Crippen LogP contribution in [0.3, 0.4) is 0 Å². The van der Waals surface area contributed by atoms with E-state index in [1.54, 1.807) is 40.9 Å². The highest BCUT2D eigenvalue weighted by Crippen LogP contribution is 2.29. The summed E-state index contributed by atoms with van der Waals surface area (Å²) in [7, 11) is 1.74. The lowest BCUT2D eigenvalue weighted by molar-refractivity contribution is -0.127. The van der Waals surface area contributed by atoms with Crippen molar-refractivity contribution in [1.29, 1.82) is 0 Å². The van der Waals surface area contributed by atoms with Gasteiger partial charge in [0.05, 0.1) is 5.69 Å². The number of carbonyl (C=O) groups excluding carboxylic acids is 1. The van der Waals surface area contributed by atoms with Gasteiger partial charge in [-0.15, -0.1) is 10.2 Å². The molecule has 1 amide bonds. The van der Waals surface area contributed by atoms with E-state index >= 15 is 0 Å². The Morgan fingerprint density at radius 2 is 2.13 bits per heavy atom. The Labute approximate surface area is 173 Å². The number of hydrogen-bond donors (Lipinski definition) is 2. The molecule has 5 heterocycles. The lowest BCUT2D eigenvalue weighted by Gasteiger charge is -2.13. The van der Waals surface area contributed by atoms with Crippen LogP contribution in [0.15, 0.2) is 24.4 Å². The Kier molecular flexibility index (Phi) is 4.38. The van der Waals surface area contributed by atoms with Gasteiger partial charge in [-0.3, -0.25) is 4.79 Å². The summed E-state index contributed by atoms with van der Waals surface area (Å²) in [5.41, 5.74) is 8.50. The number of anilines is 2. The zero-order valence-corrected chi connectivity index (χ0v) is 16.4. The van der Waals surface area contributed by atoms with Gasteiger partial charge in [0.2, 0.25) is 11.9 Å². The molecule has 0 unspecified atom stereocenters. The third kappa shape index (κ3) is 3.27. The van der Waals surface area contributed by atoms with Crippen molar-refractivity contribution >= 4 is 34.4 Å². The van der Waals surface area contributed by atoms with Crippen molar-refractivity contribution in [3.63, 3.8) is 0 Å². The first kappa shape index (κ1) is 19.1. The highest BCUT2D eigenvalue weighted by Gasteiger charge is 2.29. The van der Waals surface area contributed by atoms with Crippen molar-refractivity contribution in [3.8, 4) is 11.3 Å². The van der Waals surface area contributed by atoms with Gasteiger partial charge in [0.1, 0.15) is 23.6 Å². The minimum atomic E-state index is -2.58. The fourth-order valence-electron chi connectivity index (χ4n) is 3.69. The number of likely N-dealkylation sites (N-methyl/N-ethyl adjacent to an activating group) is 1. The van der Waals surface area contributed by atoms with Gasteiger partial charge < -0.3 is 16.0 Å². The van der Waals surface area contributed by atoms with E-state index in [-0.39, 0.29) is 23.3 Å². The molecule has 13 heteroatoms. The number of pyridine rings is 1. The molecule has 1 aliphatic heterocycles. The fourth-order valence-corrected chi connectivity index (χ4v) is 3.69. The van der Waals surface area contributed by atoms with Crippen LogP contribution in [0.2, 0.25) is 0 Å². The Bertz CT molecular complexity index is 1300. The van der Waals surface area contributed by atoms with E-state index in [4.69, 9.17) is 5.73 Å². The molecule has 0 radical (unpaired) electrons. The number of halogens is 2. The second-order valence-corrected chi connectivity index (χ2v) is 7.29. The van der Waals surface area contributed by atoms with Crippen LogP contribution in [0, 0.1) is 0 Å². The first-order valence-corrected chi connectivity index (χ1v) is 9.56. The van der Waals surface area contributed by atoms with Crippen LogP contribution in [0.25, 0.3) is 27.9 Å². The summed E-state index contributed by atoms with van der Waals surface area (Å²) in [6.07, 6.45) is -0.235. The number of nitrogens with one attached hydrogen (secondary N) is 1. The van der Waals surface area contributed by atoms with Gasteiger partial charge in [0.25, 0.3) is 6.43 Å². The zero-order chi connectivity index (χ0) is 21.7. The normalized spacial score (nSPS) is 16.8. The Morgan fingerprint density at radius 3 is 2.87 bits per heavy atom. The molecule has 0 spiro atoms. The van der Waals surface area contributed by atoms with Crippen molar-refractivity contribution < 1.29 is 13.6 Å². The van der Waals surface area contributed by atoms with Crippen LogP contribution in [0.1, 0.15) is 6.42 Å². The van der Waals surface area contributed by atoms with Crippen molar-refractivity contribution in [2.75, 3.05) is 24.6 Å². The van der Waals surface area contributed by atoms with Gasteiger partial charge in [-0.05, 0) is 24.6 Å². The summed E-state index contributed by atoms with van der Waals surface area (Å²) in [5.74, 6) is 0.405. The van der Waals surface area contributed by atoms with E-state index in [9.17, 15) is 13.6 Å². The van der Waals surface area contributed by atoms with Gasteiger partial charge in [0.15, 0.2) is 11.5 Å². The minimum Gasteiger partial charge on any atom is -0.382 e. The van der Waals surface area contributed by atoms with Crippen LogP contribution in [-0.4, -0.2) is 71.4 Å². The number of rotatable bonds is 5. The number of nitrogens with zero attached hydrogens (tertiary/aromatic N) is 8. The van der Waals surface area contributed by atoms with E-state index in [1.807, 2.05) is 0 Å². The number of hydrogen-bond acceptors (Lipinski definition) is 8. The second kappa shape index (κ2) is 7.11. The zero-order valence-electron chi connectivity index (χ0n) is 16.4. The summed E-state index contributed by atoms with van der Waals surface area (Å²) in [6, 6.07) is 4.72. The van der Waals surface area contributed by atoms with Crippen molar-refractivity contribution in [2.24, 2.45) is 0 Å². The van der Waals surface area contributed by atoms with Crippen LogP contribution in [-0.2, 0) is 11.3 Å². The van der Waals surface area contributed by atoms with Gasteiger partial charge in [-0.25, -0.2) is 23.0 Å². The molecule has 3 N–H and O–H groups in total. The first-order chi connectivity index (χ1) is 14.9. The lowest BCUT2D eigenvalue weighted by atomic mass is 10.2. The topological polar surface area (TPSA) is 132 Å². The van der Waals surface area contributed by atoms with Gasteiger partial charge in [-0.2, -0.15) is 4.98 Å². The predicted octanol–water partition coefficient (Wildman–Crippen LogP) is 1.03. The average molecular weight is 428 g/mol. The Hall–Kier alpha value is -3.90. The molecule has 11 nitrogen and oxygen atoms in total. The molecule has 0 aromatic carbocycles. The van der Waals surface area contributed by atoms with E-state index in [1.165, 1.54) is 0 Å². The number of nitrogens with two attached hydrogens (primary N) is 1. The molecular formula is C18H18F2N10O. The number of alkyl halides is 2. The smallest absolute Gasteiger partial charge is 0.258 e. The maximum atomic E-state index is 12.8. The summed E-state index contributed by atoms with van der Waals surface area (Å²) < 4.78 is 28.2. The molecule has 0 saturated carbocycles. The van der Waals surface area contributed by atoms with Gasteiger partial charge in [0, 0.05) is 25.4 Å². The highest BCUT2D eigenvalue weighted by atomic mass is 19.3. The Morgan fingerprint density at radius 1 is 1.29 bits per heavy atom. The number of amides is 1. The molecule has 0 bridgehead atoms. The summed E-state index contributed by atoms with van der Waals surface area (Å²) in [6.45, 7) is 0.0614. The third-order valence-corrected chi connectivity index (χ3v) is 5.22. The number of likely N-dealkylation sites (tertiary alicyclic amines) is 1. The van der Waals surface area contributed by atoms with E-state index in [0.717, 1.165) is 4.68 Å². The quantitative estimate of drug-likeness (QED) is 0.482. The van der Waals surface area contributed by atoms with Crippen LogP contribution >= 0.6 is 0 Å². The van der Waals surface area contributed by atoms with E-state index in [0.29, 0.717) is 35.3 Å². The summed E-state index contributed by atoms with van der Waals surface area (Å²) in [4.78, 5) is 22.5. The molecule has 1 aliphatic rings. The monoisotopic (exact) mass is 428 g/mol. The number of fused-ring (bicyclic) bond motifs is 2. The predicted molar refractivity (Wildman–Crippen MR) is 107 cm³/mol. The number of carbonyl (C=O) groups is 1. The van der Waals surface area contributed by atoms with Gasteiger partial charge in [-0.1, -0.05) is 5.21 Å². The minimum absolute atomic E-state index is 0.0259. The molecule has 5 rings (SSSR count). The third-order valence-electron chi connectivity index (χ3n) is 5.22. The molecule has 4 aromatic rings. The molecular weight excluding hydrogens is 410 g/mol. The summed E-state index contributed by atoms with van der Waals surface area (Å²) in [5, 5.41) is 15.0. The molecule has 1 saturated heterocycles. The van der Waals surface area contributed by atoms with Crippen molar-refractivity contribution in [3.05, 3.63) is 24.4 Å². The molecule has 0 aliphatic carbocycles. The molecule has 1 fully saturated rings. The first-order valence-electron chi connectivity index (χ1n) is 9.56. The molecule has 1 atom stereocenters. The van der Waals surface area contributed by atoms with Crippen LogP contribution < -0.4 is 11.1 Å². The number of aromatic nitrogens is 7. The molecule has 4 aromatic heterocycles.